The summed E-state index contributed by atoms with van der Waals surface area (Å²) in [6.45, 7) is 0.745. The number of carbonyl (C=O) groups excluding carboxylic acids is 1. The average Bonchev–Trinajstić information content (AvgIpc) is 2.75. The maximum atomic E-state index is 13.1. The van der Waals surface area contributed by atoms with E-state index in [1.165, 1.54) is 0 Å². The Kier molecular flexibility index (Phi) is 5.33. The highest BCUT2D eigenvalue weighted by molar-refractivity contribution is 5.80. The summed E-state index contributed by atoms with van der Waals surface area (Å²) in [5.74, 6) is 0.378. The second-order valence-corrected chi connectivity index (χ2v) is 7.15. The topological polar surface area (TPSA) is 72.1 Å². The lowest BCUT2D eigenvalue weighted by Crippen LogP contribution is -2.40. The fraction of sp³-hybridized carbons (Fsp3) is 0.261. The third-order valence-electron chi connectivity index (χ3n) is 5.26. The average molecular weight is 372 g/mol. The van der Waals surface area contributed by atoms with Gasteiger partial charge in [-0.05, 0) is 30.4 Å². The smallest absolute Gasteiger partial charge is 0.227 e. The maximum absolute atomic E-state index is 13.1. The van der Waals surface area contributed by atoms with E-state index in [1.807, 2.05) is 65.6 Å². The van der Waals surface area contributed by atoms with Crippen LogP contribution >= 0.6 is 0 Å². The molecule has 0 saturated carbocycles. The summed E-state index contributed by atoms with van der Waals surface area (Å²) < 4.78 is 0. The van der Waals surface area contributed by atoms with E-state index >= 15 is 0 Å². The van der Waals surface area contributed by atoms with Gasteiger partial charge in [-0.25, -0.2) is 9.97 Å². The van der Waals surface area contributed by atoms with Crippen molar-refractivity contribution in [1.82, 2.24) is 14.9 Å². The van der Waals surface area contributed by atoms with Gasteiger partial charge in [-0.2, -0.15) is 0 Å². The van der Waals surface area contributed by atoms with E-state index in [2.05, 4.69) is 9.97 Å². The van der Waals surface area contributed by atoms with Crippen molar-refractivity contribution in [3.05, 3.63) is 78.1 Å². The van der Waals surface area contributed by atoms with Crippen molar-refractivity contribution in [2.45, 2.75) is 31.7 Å². The van der Waals surface area contributed by atoms with Gasteiger partial charge in [0.25, 0.3) is 0 Å². The fourth-order valence-corrected chi connectivity index (χ4v) is 3.89. The van der Waals surface area contributed by atoms with Gasteiger partial charge in [0, 0.05) is 18.3 Å². The summed E-state index contributed by atoms with van der Waals surface area (Å²) in [5.41, 5.74) is 9.79. The van der Waals surface area contributed by atoms with E-state index in [4.69, 9.17) is 5.73 Å². The van der Waals surface area contributed by atoms with Crippen LogP contribution in [0.4, 0.5) is 5.95 Å². The van der Waals surface area contributed by atoms with Gasteiger partial charge in [-0.1, -0.05) is 60.7 Å². The zero-order valence-electron chi connectivity index (χ0n) is 15.8. The molecule has 1 atom stereocenters. The molecule has 4 rings (SSSR count). The number of piperidine rings is 1. The molecule has 1 aromatic heterocycles. The molecular formula is C23H24N4O. The minimum Gasteiger partial charge on any atom is -0.368 e. The predicted octanol–water partition coefficient (Wildman–Crippen LogP) is 4.02. The lowest BCUT2D eigenvalue weighted by Gasteiger charge is -2.36. The van der Waals surface area contributed by atoms with Crippen molar-refractivity contribution in [1.29, 1.82) is 0 Å². The third kappa shape index (κ3) is 3.88. The number of amides is 1. The summed E-state index contributed by atoms with van der Waals surface area (Å²) in [5, 5.41) is 0. The van der Waals surface area contributed by atoms with E-state index in [0.29, 0.717) is 6.42 Å². The molecule has 1 amide bonds. The van der Waals surface area contributed by atoms with Crippen LogP contribution in [0.25, 0.3) is 11.1 Å². The minimum absolute atomic E-state index is 0.0783. The molecule has 5 heteroatoms. The standard InChI is InChI=1S/C23H24N4O/c24-23-25-16-19(18-11-5-2-6-12-18)22(26-23)20-13-7-8-14-27(20)21(28)15-17-9-3-1-4-10-17/h1-6,9-12,16,20H,7-8,13-15H2,(H2,24,25,26)/t20-/m1/s1. The Morgan fingerprint density at radius 1 is 1.04 bits per heavy atom. The number of likely N-dealkylation sites (tertiary alicyclic amines) is 1. The van der Waals surface area contributed by atoms with Crippen molar-refractivity contribution in [2.75, 3.05) is 12.3 Å². The molecule has 1 fully saturated rings. The van der Waals surface area contributed by atoms with E-state index < -0.39 is 0 Å². The highest BCUT2D eigenvalue weighted by Gasteiger charge is 2.31. The SMILES string of the molecule is Nc1ncc(-c2ccccc2)c([C@H]2CCCCN2C(=O)Cc2ccccc2)n1. The molecule has 2 heterocycles. The highest BCUT2D eigenvalue weighted by Crippen LogP contribution is 2.36. The number of anilines is 1. The molecule has 142 valence electrons. The van der Waals surface area contributed by atoms with Crippen LogP contribution in [0.2, 0.25) is 0 Å². The van der Waals surface area contributed by atoms with Gasteiger partial charge in [-0.15, -0.1) is 0 Å². The summed E-state index contributed by atoms with van der Waals surface area (Å²) in [4.78, 5) is 23.9. The molecule has 1 aliphatic heterocycles. The first-order valence-electron chi connectivity index (χ1n) is 9.73. The molecule has 1 aliphatic rings. The van der Waals surface area contributed by atoms with Gasteiger partial charge in [0.15, 0.2) is 0 Å². The summed E-state index contributed by atoms with van der Waals surface area (Å²) >= 11 is 0. The minimum atomic E-state index is -0.0783. The number of rotatable bonds is 4. The molecule has 2 N–H and O–H groups in total. The first-order chi connectivity index (χ1) is 13.7. The third-order valence-corrected chi connectivity index (χ3v) is 5.26. The predicted molar refractivity (Wildman–Crippen MR) is 110 cm³/mol. The Morgan fingerprint density at radius 2 is 1.75 bits per heavy atom. The number of nitrogens with zero attached hydrogens (tertiary/aromatic N) is 3. The number of carbonyl (C=O) groups is 1. The molecule has 3 aromatic rings. The van der Waals surface area contributed by atoms with Crippen LogP contribution in [0.5, 0.6) is 0 Å². The van der Waals surface area contributed by atoms with Crippen LogP contribution < -0.4 is 5.73 Å². The number of aromatic nitrogens is 2. The molecule has 0 aliphatic carbocycles. The molecule has 0 spiro atoms. The number of hydrogen-bond acceptors (Lipinski definition) is 4. The van der Waals surface area contributed by atoms with E-state index in [0.717, 1.165) is 48.2 Å². The molecular weight excluding hydrogens is 348 g/mol. The number of nitrogens with two attached hydrogens (primary N) is 1. The van der Waals surface area contributed by atoms with Crippen molar-refractivity contribution < 1.29 is 4.79 Å². The molecule has 0 bridgehead atoms. The first kappa shape index (κ1) is 18.2. The van der Waals surface area contributed by atoms with Gasteiger partial charge < -0.3 is 10.6 Å². The van der Waals surface area contributed by atoms with Crippen LogP contribution in [-0.2, 0) is 11.2 Å². The Balaban J connectivity index is 1.68. The normalized spacial score (nSPS) is 16.7. The Morgan fingerprint density at radius 3 is 2.50 bits per heavy atom. The van der Waals surface area contributed by atoms with Gasteiger partial charge in [0.1, 0.15) is 0 Å². The Hall–Kier alpha value is -3.21. The number of hydrogen-bond donors (Lipinski definition) is 1. The zero-order valence-corrected chi connectivity index (χ0v) is 15.8. The summed E-state index contributed by atoms with van der Waals surface area (Å²) in [6.07, 6.45) is 5.15. The van der Waals surface area contributed by atoms with Crippen LogP contribution in [0.15, 0.2) is 66.9 Å². The van der Waals surface area contributed by atoms with Gasteiger partial charge >= 0.3 is 0 Å². The van der Waals surface area contributed by atoms with Crippen LogP contribution in [0.3, 0.4) is 0 Å². The van der Waals surface area contributed by atoms with Crippen LogP contribution in [0, 0.1) is 0 Å². The largest absolute Gasteiger partial charge is 0.368 e. The van der Waals surface area contributed by atoms with Crippen LogP contribution in [-0.4, -0.2) is 27.3 Å². The summed E-state index contributed by atoms with van der Waals surface area (Å²) in [7, 11) is 0. The van der Waals surface area contributed by atoms with Crippen molar-refractivity contribution >= 4 is 11.9 Å². The van der Waals surface area contributed by atoms with Crippen molar-refractivity contribution in [2.24, 2.45) is 0 Å². The lowest BCUT2D eigenvalue weighted by molar-refractivity contribution is -0.134. The van der Waals surface area contributed by atoms with Gasteiger partial charge in [0.2, 0.25) is 11.9 Å². The fourth-order valence-electron chi connectivity index (χ4n) is 3.89. The molecule has 0 radical (unpaired) electrons. The summed E-state index contributed by atoms with van der Waals surface area (Å²) in [6, 6.07) is 19.9. The first-order valence-corrected chi connectivity index (χ1v) is 9.73. The van der Waals surface area contributed by atoms with E-state index in [-0.39, 0.29) is 17.9 Å². The number of benzene rings is 2. The van der Waals surface area contributed by atoms with Crippen LogP contribution in [0.1, 0.15) is 36.6 Å². The Labute approximate surface area is 165 Å². The number of nitrogen functional groups attached to an aromatic ring is 1. The zero-order chi connectivity index (χ0) is 19.3. The van der Waals surface area contributed by atoms with E-state index in [9.17, 15) is 4.79 Å². The van der Waals surface area contributed by atoms with Crippen molar-refractivity contribution in [3.8, 4) is 11.1 Å². The Bertz CT molecular complexity index is 943. The molecule has 2 aromatic carbocycles. The molecule has 0 unspecified atom stereocenters. The second-order valence-electron chi connectivity index (χ2n) is 7.15. The van der Waals surface area contributed by atoms with Gasteiger partial charge in [-0.3, -0.25) is 4.79 Å². The lowest BCUT2D eigenvalue weighted by atomic mass is 9.93. The van der Waals surface area contributed by atoms with E-state index in [1.54, 1.807) is 6.20 Å². The molecule has 5 nitrogen and oxygen atoms in total. The quantitative estimate of drug-likeness (QED) is 0.751. The molecule has 1 saturated heterocycles. The monoisotopic (exact) mass is 372 g/mol. The second kappa shape index (κ2) is 8.21. The highest BCUT2D eigenvalue weighted by atomic mass is 16.2. The van der Waals surface area contributed by atoms with Crippen molar-refractivity contribution in [3.63, 3.8) is 0 Å². The molecule has 28 heavy (non-hydrogen) atoms. The van der Waals surface area contributed by atoms with Gasteiger partial charge in [0.05, 0.1) is 18.2 Å². The maximum Gasteiger partial charge on any atom is 0.227 e.